The molecule has 0 aliphatic carbocycles. The molecule has 118 valence electrons. The molecule has 0 unspecified atom stereocenters. The van der Waals surface area contributed by atoms with Gasteiger partial charge in [-0.2, -0.15) is 0 Å². The van der Waals surface area contributed by atoms with Gasteiger partial charge < -0.3 is 5.32 Å². The third kappa shape index (κ3) is 5.69. The summed E-state index contributed by atoms with van der Waals surface area (Å²) in [6.45, 7) is 4.49. The highest BCUT2D eigenvalue weighted by Crippen LogP contribution is 2.28. The van der Waals surface area contributed by atoms with E-state index in [9.17, 15) is 13.2 Å². The van der Waals surface area contributed by atoms with Crippen molar-refractivity contribution < 1.29 is 13.2 Å². The summed E-state index contributed by atoms with van der Waals surface area (Å²) in [5.41, 5.74) is 0.930. The van der Waals surface area contributed by atoms with E-state index in [2.05, 4.69) is 41.9 Å². The van der Waals surface area contributed by atoms with Crippen LogP contribution in [0.4, 0.5) is 0 Å². The molecule has 1 aromatic carbocycles. The zero-order valence-electron chi connectivity index (χ0n) is 11.9. The zero-order chi connectivity index (χ0) is 16.0. The molecule has 5 nitrogen and oxygen atoms in total. The highest BCUT2D eigenvalue weighted by atomic mass is 79.9. The number of benzene rings is 1. The molecule has 0 radical (unpaired) electrons. The van der Waals surface area contributed by atoms with Crippen molar-refractivity contribution in [1.29, 1.82) is 0 Å². The van der Waals surface area contributed by atoms with Crippen LogP contribution < -0.4 is 10.0 Å². The maximum Gasteiger partial charge on any atom is 0.241 e. The van der Waals surface area contributed by atoms with Gasteiger partial charge in [0.05, 0.1) is 4.90 Å². The van der Waals surface area contributed by atoms with Crippen molar-refractivity contribution in [1.82, 2.24) is 10.0 Å². The molecule has 8 heteroatoms. The van der Waals surface area contributed by atoms with E-state index >= 15 is 0 Å². The Balaban J connectivity index is 2.70. The molecule has 0 bridgehead atoms. The Labute approximate surface area is 142 Å². The van der Waals surface area contributed by atoms with E-state index in [0.717, 1.165) is 12.0 Å². The largest absolute Gasteiger partial charge is 0.356 e. The first-order valence-corrected chi connectivity index (χ1v) is 9.57. The molecule has 1 aromatic rings. The topological polar surface area (TPSA) is 75.3 Å². The Morgan fingerprint density at radius 1 is 1.19 bits per heavy atom. The monoisotopic (exact) mass is 440 g/mol. The third-order valence-corrected chi connectivity index (χ3v) is 5.99. The van der Waals surface area contributed by atoms with Crippen LogP contribution in [0.5, 0.6) is 0 Å². The molecule has 1 rings (SSSR count). The second-order valence-corrected chi connectivity index (χ2v) is 7.97. The summed E-state index contributed by atoms with van der Waals surface area (Å²) in [5.74, 6) is -0.163. The Morgan fingerprint density at radius 3 is 2.48 bits per heavy atom. The maximum atomic E-state index is 12.2. The van der Waals surface area contributed by atoms with Crippen LogP contribution in [-0.4, -0.2) is 27.4 Å². The van der Waals surface area contributed by atoms with Gasteiger partial charge >= 0.3 is 0 Å². The van der Waals surface area contributed by atoms with Gasteiger partial charge in [-0.1, -0.05) is 22.9 Å². The Bertz CT molecular complexity index is 618. The molecule has 0 saturated carbocycles. The van der Waals surface area contributed by atoms with Crippen molar-refractivity contribution in [2.45, 2.75) is 31.6 Å². The third-order valence-electron chi connectivity index (χ3n) is 2.72. The summed E-state index contributed by atoms with van der Waals surface area (Å²) in [4.78, 5) is 11.6. The van der Waals surface area contributed by atoms with Crippen LogP contribution in [0.2, 0.25) is 0 Å². The summed E-state index contributed by atoms with van der Waals surface area (Å²) in [6, 6.07) is 3.27. The van der Waals surface area contributed by atoms with Gasteiger partial charge in [0, 0.05) is 28.5 Å². The molecular formula is C13H18Br2N2O3S. The van der Waals surface area contributed by atoms with Gasteiger partial charge in [-0.15, -0.1) is 0 Å². The van der Waals surface area contributed by atoms with Crippen LogP contribution in [0.1, 0.15) is 25.3 Å². The van der Waals surface area contributed by atoms with E-state index in [1.54, 1.807) is 12.1 Å². The molecule has 0 spiro atoms. The molecule has 0 saturated heterocycles. The lowest BCUT2D eigenvalue weighted by Gasteiger charge is -2.10. The van der Waals surface area contributed by atoms with Crippen molar-refractivity contribution in [2.24, 2.45) is 0 Å². The standard InChI is InChI=1S/C13H18Br2N2O3S/c1-3-5-16-13(18)4-6-17-21(19,20)12-8-10(14)9(2)7-11(12)15/h7-8,17H,3-6H2,1-2H3,(H,16,18). The van der Waals surface area contributed by atoms with Gasteiger partial charge in [0.2, 0.25) is 15.9 Å². The lowest BCUT2D eigenvalue weighted by molar-refractivity contribution is -0.120. The number of amides is 1. The number of sulfonamides is 1. The molecule has 1 amide bonds. The van der Waals surface area contributed by atoms with Gasteiger partial charge in [0.15, 0.2) is 0 Å². The summed E-state index contributed by atoms with van der Waals surface area (Å²) in [6.07, 6.45) is 0.964. The van der Waals surface area contributed by atoms with Crippen LogP contribution in [0.15, 0.2) is 26.0 Å². The van der Waals surface area contributed by atoms with Crippen molar-refractivity contribution >= 4 is 47.8 Å². The maximum absolute atomic E-state index is 12.2. The van der Waals surface area contributed by atoms with Crippen LogP contribution in [0.3, 0.4) is 0 Å². The lowest BCUT2D eigenvalue weighted by Crippen LogP contribution is -2.31. The van der Waals surface area contributed by atoms with E-state index in [0.29, 0.717) is 15.5 Å². The normalized spacial score (nSPS) is 11.4. The smallest absolute Gasteiger partial charge is 0.241 e. The minimum Gasteiger partial charge on any atom is -0.356 e. The second kappa shape index (κ2) is 8.26. The van der Waals surface area contributed by atoms with Gasteiger partial charge in [0.25, 0.3) is 0 Å². The summed E-state index contributed by atoms with van der Waals surface area (Å²) in [7, 11) is -3.65. The van der Waals surface area contributed by atoms with Crippen molar-refractivity contribution in [3.05, 3.63) is 26.6 Å². The molecule has 0 atom stereocenters. The average molecular weight is 442 g/mol. The molecule has 0 aliphatic rings. The molecular weight excluding hydrogens is 424 g/mol. The van der Waals surface area contributed by atoms with Gasteiger partial charge in [-0.05, 0) is 47.0 Å². The molecule has 0 aromatic heterocycles. The lowest BCUT2D eigenvalue weighted by atomic mass is 10.2. The average Bonchev–Trinajstić information content (AvgIpc) is 2.40. The molecule has 0 heterocycles. The number of halogens is 2. The quantitative estimate of drug-likeness (QED) is 0.682. The summed E-state index contributed by atoms with van der Waals surface area (Å²) >= 11 is 6.57. The Morgan fingerprint density at radius 2 is 1.86 bits per heavy atom. The molecule has 21 heavy (non-hydrogen) atoms. The first-order valence-electron chi connectivity index (χ1n) is 6.50. The summed E-state index contributed by atoms with van der Waals surface area (Å²) in [5, 5.41) is 2.70. The molecule has 0 fully saturated rings. The van der Waals surface area contributed by atoms with E-state index < -0.39 is 10.0 Å². The number of rotatable bonds is 7. The van der Waals surface area contributed by atoms with E-state index in [-0.39, 0.29) is 23.8 Å². The van der Waals surface area contributed by atoms with Crippen molar-refractivity contribution in [3.8, 4) is 0 Å². The Kier molecular flexibility index (Phi) is 7.32. The SMILES string of the molecule is CCCNC(=O)CCNS(=O)(=O)c1cc(Br)c(C)cc1Br. The number of aryl methyl sites for hydroxylation is 1. The fourth-order valence-electron chi connectivity index (χ4n) is 1.56. The zero-order valence-corrected chi connectivity index (χ0v) is 15.9. The fourth-order valence-corrected chi connectivity index (χ4v) is 4.27. The first kappa shape index (κ1) is 18.6. The highest BCUT2D eigenvalue weighted by molar-refractivity contribution is 9.11. The van der Waals surface area contributed by atoms with Crippen LogP contribution in [-0.2, 0) is 14.8 Å². The first-order chi connectivity index (χ1) is 9.77. The summed E-state index contributed by atoms with van der Waals surface area (Å²) < 4.78 is 28.1. The number of hydrogen-bond donors (Lipinski definition) is 2. The number of hydrogen-bond acceptors (Lipinski definition) is 3. The van der Waals surface area contributed by atoms with Crippen LogP contribution >= 0.6 is 31.9 Å². The fraction of sp³-hybridized carbons (Fsp3) is 0.462. The predicted octanol–water partition coefficient (Wildman–Crippen LogP) is 2.71. The van der Waals surface area contributed by atoms with Crippen molar-refractivity contribution in [3.63, 3.8) is 0 Å². The van der Waals surface area contributed by atoms with Gasteiger partial charge in [0.1, 0.15) is 0 Å². The number of carbonyl (C=O) groups excluding carboxylic acids is 1. The molecule has 0 aliphatic heterocycles. The second-order valence-electron chi connectivity index (χ2n) is 4.53. The van der Waals surface area contributed by atoms with E-state index in [4.69, 9.17) is 0 Å². The Hall–Kier alpha value is -0.440. The number of nitrogens with one attached hydrogen (secondary N) is 2. The minimum atomic E-state index is -3.65. The van der Waals surface area contributed by atoms with E-state index in [1.165, 1.54) is 0 Å². The van der Waals surface area contributed by atoms with Gasteiger partial charge in [-0.25, -0.2) is 13.1 Å². The highest BCUT2D eigenvalue weighted by Gasteiger charge is 2.19. The molecule has 2 N–H and O–H groups in total. The van der Waals surface area contributed by atoms with Gasteiger partial charge in [-0.3, -0.25) is 4.79 Å². The van der Waals surface area contributed by atoms with Crippen LogP contribution in [0.25, 0.3) is 0 Å². The minimum absolute atomic E-state index is 0.0653. The van der Waals surface area contributed by atoms with E-state index in [1.807, 2.05) is 13.8 Å². The van der Waals surface area contributed by atoms with Crippen LogP contribution in [0, 0.1) is 6.92 Å². The number of carbonyl (C=O) groups is 1. The van der Waals surface area contributed by atoms with Crippen molar-refractivity contribution in [2.75, 3.05) is 13.1 Å². The predicted molar refractivity (Wildman–Crippen MR) is 89.7 cm³/mol.